The average Bonchev–Trinajstić information content (AvgIpc) is 3.16. The quantitative estimate of drug-likeness (QED) is 0.749. The van der Waals surface area contributed by atoms with Gasteiger partial charge in [-0.1, -0.05) is 36.4 Å². The van der Waals surface area contributed by atoms with Crippen molar-refractivity contribution in [3.05, 3.63) is 60.2 Å². The molecule has 0 radical (unpaired) electrons. The molecule has 0 heterocycles. The van der Waals surface area contributed by atoms with Gasteiger partial charge in [-0.25, -0.2) is 0 Å². The van der Waals surface area contributed by atoms with Crippen LogP contribution in [0.1, 0.15) is 37.7 Å². The molecule has 0 aromatic heterocycles. The number of anilines is 1. The number of ether oxygens (including phenoxy) is 1. The molecule has 5 nitrogen and oxygen atoms in total. The van der Waals surface area contributed by atoms with Gasteiger partial charge >= 0.3 is 0 Å². The summed E-state index contributed by atoms with van der Waals surface area (Å²) in [6, 6.07) is 17.0. The third kappa shape index (κ3) is 6.44. The molecule has 1 fully saturated rings. The number of hydrogen-bond donors (Lipinski definition) is 2. The van der Waals surface area contributed by atoms with Crippen molar-refractivity contribution in [2.75, 3.05) is 11.9 Å². The first-order valence-corrected chi connectivity index (χ1v) is 9.56. The molecule has 0 spiro atoms. The molecule has 5 heteroatoms. The van der Waals surface area contributed by atoms with Crippen LogP contribution in [0.3, 0.4) is 0 Å². The maximum absolute atomic E-state index is 12.1. The second kappa shape index (κ2) is 9.76. The Morgan fingerprint density at radius 1 is 0.963 bits per heavy atom. The van der Waals surface area contributed by atoms with E-state index in [-0.39, 0.29) is 24.3 Å². The van der Waals surface area contributed by atoms with E-state index in [1.54, 1.807) is 0 Å². The zero-order valence-corrected chi connectivity index (χ0v) is 15.4. The highest BCUT2D eigenvalue weighted by molar-refractivity contribution is 5.91. The van der Waals surface area contributed by atoms with Crippen molar-refractivity contribution >= 4 is 17.5 Å². The number of amides is 2. The van der Waals surface area contributed by atoms with Gasteiger partial charge in [-0.3, -0.25) is 9.59 Å². The molecule has 0 unspecified atom stereocenters. The molecule has 2 amide bonds. The molecular weight excluding hydrogens is 340 g/mol. The Hall–Kier alpha value is -2.82. The summed E-state index contributed by atoms with van der Waals surface area (Å²) in [5.74, 6) is 0.574. The monoisotopic (exact) mass is 366 g/mol. The Bertz CT molecular complexity index is 755. The van der Waals surface area contributed by atoms with Crippen molar-refractivity contribution in [1.29, 1.82) is 0 Å². The van der Waals surface area contributed by atoms with Gasteiger partial charge in [0.1, 0.15) is 5.75 Å². The third-order valence-electron chi connectivity index (χ3n) is 4.60. The molecule has 1 aliphatic rings. The molecule has 142 valence electrons. The molecule has 2 aromatic carbocycles. The van der Waals surface area contributed by atoms with E-state index in [2.05, 4.69) is 10.6 Å². The van der Waals surface area contributed by atoms with Crippen molar-refractivity contribution in [2.45, 2.75) is 44.6 Å². The average molecular weight is 366 g/mol. The van der Waals surface area contributed by atoms with Gasteiger partial charge in [-0.05, 0) is 43.4 Å². The van der Waals surface area contributed by atoms with Crippen molar-refractivity contribution < 1.29 is 14.3 Å². The van der Waals surface area contributed by atoms with Gasteiger partial charge in [0.25, 0.3) is 0 Å². The van der Waals surface area contributed by atoms with Crippen molar-refractivity contribution in [1.82, 2.24) is 5.32 Å². The maximum Gasteiger partial charge on any atom is 0.226 e. The number of carbonyl (C=O) groups is 2. The fourth-order valence-electron chi connectivity index (χ4n) is 3.23. The highest BCUT2D eigenvalue weighted by Gasteiger charge is 2.16. The van der Waals surface area contributed by atoms with Crippen LogP contribution in [0, 0.1) is 0 Å². The molecular formula is C22H26N2O3. The van der Waals surface area contributed by atoms with Crippen LogP contribution in [-0.2, 0) is 16.0 Å². The van der Waals surface area contributed by atoms with E-state index in [0.717, 1.165) is 24.2 Å². The summed E-state index contributed by atoms with van der Waals surface area (Å²) < 4.78 is 5.96. The Balaban J connectivity index is 1.39. The maximum atomic E-state index is 12.1. The highest BCUT2D eigenvalue weighted by Crippen LogP contribution is 2.25. The van der Waals surface area contributed by atoms with Crippen LogP contribution in [0.2, 0.25) is 0 Å². The first-order valence-electron chi connectivity index (χ1n) is 9.56. The standard InChI is InChI=1S/C22H26N2O3/c25-21(13-14-23-22(26)15-17-7-2-1-3-8-17)24-18-9-6-12-20(16-18)27-19-10-4-5-11-19/h1-3,6-9,12,16,19H,4-5,10-11,13-15H2,(H,23,26)(H,24,25). The topological polar surface area (TPSA) is 67.4 Å². The summed E-state index contributed by atoms with van der Waals surface area (Å²) >= 11 is 0. The Morgan fingerprint density at radius 3 is 2.52 bits per heavy atom. The molecule has 3 rings (SSSR count). The van der Waals surface area contributed by atoms with Crippen molar-refractivity contribution in [3.8, 4) is 5.75 Å². The molecule has 2 N–H and O–H groups in total. The van der Waals surface area contributed by atoms with Gasteiger partial charge in [0.15, 0.2) is 0 Å². The van der Waals surface area contributed by atoms with Crippen molar-refractivity contribution in [2.24, 2.45) is 0 Å². The lowest BCUT2D eigenvalue weighted by molar-refractivity contribution is -0.120. The predicted molar refractivity (Wildman–Crippen MR) is 106 cm³/mol. The summed E-state index contributed by atoms with van der Waals surface area (Å²) in [4.78, 5) is 24.0. The van der Waals surface area contributed by atoms with Crippen LogP contribution in [0.25, 0.3) is 0 Å². The van der Waals surface area contributed by atoms with Crippen LogP contribution >= 0.6 is 0 Å². The molecule has 1 saturated carbocycles. The lowest BCUT2D eigenvalue weighted by Gasteiger charge is -2.14. The van der Waals surface area contributed by atoms with Crippen LogP contribution in [-0.4, -0.2) is 24.5 Å². The second-order valence-electron chi connectivity index (χ2n) is 6.86. The summed E-state index contributed by atoms with van der Waals surface area (Å²) in [7, 11) is 0. The van der Waals surface area contributed by atoms with Gasteiger partial charge in [0.05, 0.1) is 12.5 Å². The normalized spacial score (nSPS) is 13.9. The first kappa shape index (κ1) is 19.0. The van der Waals surface area contributed by atoms with Crippen LogP contribution < -0.4 is 15.4 Å². The lowest BCUT2D eigenvalue weighted by Crippen LogP contribution is -2.28. The fraction of sp³-hybridized carbons (Fsp3) is 0.364. The minimum atomic E-state index is -0.131. The third-order valence-corrected chi connectivity index (χ3v) is 4.60. The molecule has 0 aliphatic heterocycles. The van der Waals surface area contributed by atoms with E-state index < -0.39 is 0 Å². The summed E-state index contributed by atoms with van der Waals surface area (Å²) in [6.07, 6.45) is 5.47. The van der Waals surface area contributed by atoms with Gasteiger partial charge in [-0.2, -0.15) is 0 Å². The molecule has 1 aliphatic carbocycles. The number of rotatable bonds is 8. The largest absolute Gasteiger partial charge is 0.490 e. The summed E-state index contributed by atoms with van der Waals surface area (Å²) in [6.45, 7) is 0.315. The molecule has 27 heavy (non-hydrogen) atoms. The minimum absolute atomic E-state index is 0.0824. The molecule has 0 atom stereocenters. The van der Waals surface area contributed by atoms with Gasteiger partial charge in [0, 0.05) is 24.7 Å². The van der Waals surface area contributed by atoms with Crippen LogP contribution in [0.4, 0.5) is 5.69 Å². The summed E-state index contributed by atoms with van der Waals surface area (Å²) in [5, 5.41) is 5.64. The number of benzene rings is 2. The SMILES string of the molecule is O=C(Cc1ccccc1)NCCC(=O)Nc1cccc(OC2CCCC2)c1. The number of hydrogen-bond acceptors (Lipinski definition) is 3. The van der Waals surface area contributed by atoms with Gasteiger partial charge in [0.2, 0.25) is 11.8 Å². The van der Waals surface area contributed by atoms with E-state index >= 15 is 0 Å². The Kier molecular flexibility index (Phi) is 6.85. The van der Waals surface area contributed by atoms with Crippen molar-refractivity contribution in [3.63, 3.8) is 0 Å². The van der Waals surface area contributed by atoms with E-state index in [0.29, 0.717) is 18.7 Å². The second-order valence-corrected chi connectivity index (χ2v) is 6.86. The zero-order valence-electron chi connectivity index (χ0n) is 15.4. The van der Waals surface area contributed by atoms with E-state index in [9.17, 15) is 9.59 Å². The first-order chi connectivity index (χ1) is 13.2. The summed E-state index contributed by atoms with van der Waals surface area (Å²) in [5.41, 5.74) is 1.67. The minimum Gasteiger partial charge on any atom is -0.490 e. The van der Waals surface area contributed by atoms with Gasteiger partial charge < -0.3 is 15.4 Å². The lowest BCUT2D eigenvalue weighted by atomic mass is 10.1. The predicted octanol–water partition coefficient (Wildman–Crippen LogP) is 3.70. The van der Waals surface area contributed by atoms with E-state index in [1.807, 2.05) is 54.6 Å². The molecule has 2 aromatic rings. The number of carbonyl (C=O) groups excluding carboxylic acids is 2. The smallest absolute Gasteiger partial charge is 0.226 e. The van der Waals surface area contributed by atoms with Crippen LogP contribution in [0.15, 0.2) is 54.6 Å². The fourth-order valence-corrected chi connectivity index (χ4v) is 3.23. The molecule has 0 saturated heterocycles. The highest BCUT2D eigenvalue weighted by atomic mass is 16.5. The Morgan fingerprint density at radius 2 is 1.74 bits per heavy atom. The van der Waals surface area contributed by atoms with Gasteiger partial charge in [-0.15, -0.1) is 0 Å². The Labute approximate surface area is 160 Å². The van der Waals surface area contributed by atoms with E-state index in [4.69, 9.17) is 4.74 Å². The molecule has 0 bridgehead atoms. The van der Waals surface area contributed by atoms with Crippen LogP contribution in [0.5, 0.6) is 5.75 Å². The van der Waals surface area contributed by atoms with E-state index in [1.165, 1.54) is 12.8 Å². The number of nitrogens with one attached hydrogen (secondary N) is 2. The zero-order chi connectivity index (χ0) is 18.9.